The summed E-state index contributed by atoms with van der Waals surface area (Å²) in [5.74, 6) is -1.05. The molecule has 1 fully saturated rings. The van der Waals surface area contributed by atoms with Crippen LogP contribution >= 0.6 is 23.4 Å². The molecule has 0 amide bonds. The van der Waals surface area contributed by atoms with Gasteiger partial charge in [-0.3, -0.25) is 4.79 Å². The lowest BCUT2D eigenvalue weighted by molar-refractivity contribution is -0.136. The van der Waals surface area contributed by atoms with Gasteiger partial charge in [0.2, 0.25) is 10.0 Å². The Morgan fingerprint density at radius 1 is 1.24 bits per heavy atom. The van der Waals surface area contributed by atoms with E-state index in [1.54, 1.807) is 28.8 Å². The number of carboxylic acids is 1. The van der Waals surface area contributed by atoms with Crippen molar-refractivity contribution in [2.75, 3.05) is 26.3 Å². The Bertz CT molecular complexity index is 1370. The van der Waals surface area contributed by atoms with Crippen LogP contribution < -0.4 is 0 Å². The quantitative estimate of drug-likeness (QED) is 0.508. The number of aliphatic carboxylic acids is 1. The van der Waals surface area contributed by atoms with Gasteiger partial charge in [-0.1, -0.05) is 11.6 Å². The lowest BCUT2D eigenvalue weighted by Gasteiger charge is -2.26. The molecule has 1 aliphatic rings. The van der Waals surface area contributed by atoms with Gasteiger partial charge in [0, 0.05) is 29.7 Å². The second kappa shape index (κ2) is 9.37. The number of fused-ring (bicyclic) bond motifs is 1. The number of thioether (sulfide) groups is 1. The topological polar surface area (TPSA) is 112 Å². The number of aryl methyl sites for hydroxylation is 1. The molecule has 0 bridgehead atoms. The highest BCUT2D eigenvalue weighted by Crippen LogP contribution is 2.40. The molecule has 2 aromatic heterocycles. The molecule has 1 N–H and O–H groups in total. The smallest absolute Gasteiger partial charge is 0.323 e. The molecule has 1 saturated heterocycles. The van der Waals surface area contributed by atoms with Crippen molar-refractivity contribution in [2.24, 2.45) is 0 Å². The van der Waals surface area contributed by atoms with E-state index in [9.17, 15) is 18.3 Å². The molecule has 172 valence electrons. The van der Waals surface area contributed by atoms with Crippen LogP contribution in [0.1, 0.15) is 22.1 Å². The van der Waals surface area contributed by atoms with Crippen LogP contribution in [0.5, 0.6) is 0 Å². The summed E-state index contributed by atoms with van der Waals surface area (Å²) in [5, 5.41) is 18.2. The largest absolute Gasteiger partial charge is 0.480 e. The summed E-state index contributed by atoms with van der Waals surface area (Å²) in [7, 11) is -3.77. The van der Waals surface area contributed by atoms with Crippen LogP contribution in [0.3, 0.4) is 0 Å². The molecule has 33 heavy (non-hydrogen) atoms. The van der Waals surface area contributed by atoms with Crippen LogP contribution in [0.25, 0.3) is 5.52 Å². The summed E-state index contributed by atoms with van der Waals surface area (Å²) < 4.78 is 34.2. The van der Waals surface area contributed by atoms with E-state index in [0.717, 1.165) is 22.8 Å². The first kappa shape index (κ1) is 23.6. The van der Waals surface area contributed by atoms with E-state index in [1.165, 1.54) is 16.4 Å². The highest BCUT2D eigenvalue weighted by Gasteiger charge is 2.30. The first-order valence-corrected chi connectivity index (χ1v) is 12.7. The second-order valence-electron chi connectivity index (χ2n) is 7.48. The maximum Gasteiger partial charge on any atom is 0.323 e. The van der Waals surface area contributed by atoms with E-state index in [-0.39, 0.29) is 23.0 Å². The molecule has 0 spiro atoms. The number of aromatic nitrogens is 1. The molecular weight excluding hydrogens is 486 g/mol. The Morgan fingerprint density at radius 2 is 1.97 bits per heavy atom. The number of rotatable bonds is 6. The minimum Gasteiger partial charge on any atom is -0.480 e. The number of sulfonamides is 1. The Morgan fingerprint density at radius 3 is 2.61 bits per heavy atom. The van der Waals surface area contributed by atoms with Gasteiger partial charge in [0.1, 0.15) is 10.1 Å². The van der Waals surface area contributed by atoms with Crippen molar-refractivity contribution in [3.63, 3.8) is 0 Å². The maximum absolute atomic E-state index is 12.9. The molecule has 0 saturated carbocycles. The van der Waals surface area contributed by atoms with Gasteiger partial charge in [-0.05, 0) is 48.9 Å². The molecule has 1 unspecified atom stereocenters. The van der Waals surface area contributed by atoms with Gasteiger partial charge < -0.3 is 14.2 Å². The molecule has 11 heteroatoms. The molecule has 0 radical (unpaired) electrons. The van der Waals surface area contributed by atoms with E-state index in [4.69, 9.17) is 21.6 Å². The molecule has 8 nitrogen and oxygen atoms in total. The monoisotopic (exact) mass is 505 g/mol. The number of ether oxygens (including phenoxy) is 1. The summed E-state index contributed by atoms with van der Waals surface area (Å²) in [6.45, 7) is 2.97. The molecular formula is C22H20ClN3O5S2. The second-order valence-corrected chi connectivity index (χ2v) is 11.0. The number of hydrogen-bond acceptors (Lipinski definition) is 6. The Kier molecular flexibility index (Phi) is 6.70. The summed E-state index contributed by atoms with van der Waals surface area (Å²) >= 11 is 7.41. The third-order valence-corrected chi connectivity index (χ3v) is 8.93. The predicted octanol–water partition coefficient (Wildman–Crippen LogP) is 3.71. The zero-order valence-corrected chi connectivity index (χ0v) is 20.0. The first-order chi connectivity index (χ1) is 15.7. The number of nitriles is 1. The number of halogens is 1. The van der Waals surface area contributed by atoms with Crippen molar-refractivity contribution in [3.8, 4) is 6.07 Å². The molecule has 3 heterocycles. The molecule has 0 aliphatic carbocycles. The number of benzene rings is 1. The average molecular weight is 506 g/mol. The van der Waals surface area contributed by atoms with E-state index in [2.05, 4.69) is 6.07 Å². The molecule has 1 atom stereocenters. The highest BCUT2D eigenvalue weighted by atomic mass is 35.5. The minimum atomic E-state index is -3.77. The lowest BCUT2D eigenvalue weighted by Crippen LogP contribution is -2.40. The first-order valence-electron chi connectivity index (χ1n) is 10.0. The highest BCUT2D eigenvalue weighted by molar-refractivity contribution is 8.00. The fraction of sp³-hybridized carbons (Fsp3) is 0.273. The molecule has 4 rings (SSSR count). The standard InChI is InChI=1S/C22H20ClN3O5S2/c1-14-10-16-11-15(13-24)4-5-26(16)20(14)21(22(27)28)32-17-2-3-19(18(23)12-17)33(29,30)25-6-8-31-9-7-25/h2-5,10-12,21H,6-9H2,1H3,(H,27,28). The number of morpholine rings is 1. The van der Waals surface area contributed by atoms with Crippen LogP contribution in [-0.2, 0) is 19.6 Å². The lowest BCUT2D eigenvalue weighted by atomic mass is 10.2. The number of pyridine rings is 1. The van der Waals surface area contributed by atoms with E-state index in [0.29, 0.717) is 29.4 Å². The zero-order chi connectivity index (χ0) is 23.8. The number of carboxylic acid groups (broad SMARTS) is 1. The Balaban J connectivity index is 1.67. The van der Waals surface area contributed by atoms with Crippen LogP contribution in [0.2, 0.25) is 5.02 Å². The third-order valence-electron chi connectivity index (χ3n) is 5.36. The number of nitrogens with zero attached hydrogens (tertiary/aromatic N) is 3. The van der Waals surface area contributed by atoms with E-state index in [1.807, 2.05) is 13.0 Å². The van der Waals surface area contributed by atoms with Gasteiger partial charge in [0.25, 0.3) is 0 Å². The fourth-order valence-electron chi connectivity index (χ4n) is 3.79. The number of hydrogen-bond donors (Lipinski definition) is 1. The molecule has 1 aliphatic heterocycles. The van der Waals surface area contributed by atoms with Crippen LogP contribution in [-0.4, -0.2) is 54.5 Å². The van der Waals surface area contributed by atoms with Gasteiger partial charge in [-0.2, -0.15) is 9.57 Å². The fourth-order valence-corrected chi connectivity index (χ4v) is 6.89. The van der Waals surface area contributed by atoms with Gasteiger partial charge in [-0.25, -0.2) is 8.42 Å². The molecule has 3 aromatic rings. The van der Waals surface area contributed by atoms with E-state index < -0.39 is 21.2 Å². The summed E-state index contributed by atoms with van der Waals surface area (Å²) in [6.07, 6.45) is 1.68. The zero-order valence-electron chi connectivity index (χ0n) is 17.6. The number of carbonyl (C=O) groups is 1. The third kappa shape index (κ3) is 4.60. The van der Waals surface area contributed by atoms with Gasteiger partial charge in [-0.15, -0.1) is 11.8 Å². The van der Waals surface area contributed by atoms with Crippen molar-refractivity contribution < 1.29 is 23.1 Å². The van der Waals surface area contributed by atoms with Crippen molar-refractivity contribution in [2.45, 2.75) is 22.0 Å². The van der Waals surface area contributed by atoms with Crippen molar-refractivity contribution in [3.05, 3.63) is 64.4 Å². The normalized spacial score (nSPS) is 15.9. The van der Waals surface area contributed by atoms with Crippen LogP contribution in [0.15, 0.2) is 52.4 Å². The average Bonchev–Trinajstić information content (AvgIpc) is 3.12. The summed E-state index contributed by atoms with van der Waals surface area (Å²) in [4.78, 5) is 12.7. The SMILES string of the molecule is Cc1cc2cc(C#N)ccn2c1C(Sc1ccc(S(=O)(=O)N2CCOCC2)c(Cl)c1)C(=O)O. The predicted molar refractivity (Wildman–Crippen MR) is 124 cm³/mol. The summed E-state index contributed by atoms with van der Waals surface area (Å²) in [5.41, 5.74) is 2.53. The maximum atomic E-state index is 12.9. The van der Waals surface area contributed by atoms with Crippen molar-refractivity contribution in [1.29, 1.82) is 5.26 Å². The van der Waals surface area contributed by atoms with E-state index >= 15 is 0 Å². The van der Waals surface area contributed by atoms with Gasteiger partial charge in [0.15, 0.2) is 0 Å². The minimum absolute atomic E-state index is 0.0179. The summed E-state index contributed by atoms with van der Waals surface area (Å²) in [6, 6.07) is 11.7. The van der Waals surface area contributed by atoms with Gasteiger partial charge >= 0.3 is 5.97 Å². The van der Waals surface area contributed by atoms with Gasteiger partial charge in [0.05, 0.1) is 35.6 Å². The molecule has 1 aromatic carbocycles. The Hall–Kier alpha value is -2.55. The van der Waals surface area contributed by atoms with Crippen LogP contribution in [0, 0.1) is 18.3 Å². The van der Waals surface area contributed by atoms with Crippen molar-refractivity contribution >= 4 is 44.9 Å². The van der Waals surface area contributed by atoms with Crippen molar-refractivity contribution in [1.82, 2.24) is 8.71 Å². The van der Waals surface area contributed by atoms with Crippen LogP contribution in [0.4, 0.5) is 0 Å². The Labute approximate surface area is 200 Å².